The number of hydrogen-bond donors (Lipinski definition) is 1. The molecule has 0 saturated heterocycles. The summed E-state index contributed by atoms with van der Waals surface area (Å²) in [4.78, 5) is 3.38. The van der Waals surface area contributed by atoms with Crippen LogP contribution in [-0.4, -0.2) is 34.8 Å². The van der Waals surface area contributed by atoms with E-state index in [0.29, 0.717) is 6.61 Å². The highest BCUT2D eigenvalue weighted by Crippen LogP contribution is 2.24. The smallest absolute Gasteiger partial charge is 0.180 e. The third-order valence-corrected chi connectivity index (χ3v) is 4.95. The highest BCUT2D eigenvalue weighted by atomic mass is 16.5. The Kier molecular flexibility index (Phi) is 9.36. The Morgan fingerprint density at radius 1 is 0.839 bits per heavy atom. The van der Waals surface area contributed by atoms with Crippen LogP contribution in [-0.2, 0) is 0 Å². The minimum Gasteiger partial charge on any atom is -0.483 e. The van der Waals surface area contributed by atoms with E-state index in [1.807, 2.05) is 13.8 Å². The largest absolute Gasteiger partial charge is 0.483 e. The molecule has 0 aromatic heterocycles. The Bertz CT molecular complexity index is 955. The van der Waals surface area contributed by atoms with Crippen molar-refractivity contribution in [2.24, 2.45) is 0 Å². The zero-order valence-electron chi connectivity index (χ0n) is 20.1. The van der Waals surface area contributed by atoms with Gasteiger partial charge in [0.25, 0.3) is 0 Å². The normalized spacial score (nSPS) is 10.7. The number of nitrogens with one attached hydrogen (secondary N) is 1. The first-order chi connectivity index (χ1) is 14.9. The Labute approximate surface area is 188 Å². The maximum Gasteiger partial charge on any atom is 0.180 e. The van der Waals surface area contributed by atoms with Crippen LogP contribution in [0.3, 0.4) is 0 Å². The number of anilines is 1. The lowest BCUT2D eigenvalue weighted by Crippen LogP contribution is -3.00. The fourth-order valence-corrected chi connectivity index (χ4v) is 3.22. The third-order valence-electron chi connectivity index (χ3n) is 4.95. The summed E-state index contributed by atoms with van der Waals surface area (Å²) in [6.45, 7) is 6.66. The molecule has 0 saturated carbocycles. The van der Waals surface area contributed by atoms with Crippen LogP contribution in [0.1, 0.15) is 25.0 Å². The molecule has 3 heteroatoms. The molecule has 0 heterocycles. The van der Waals surface area contributed by atoms with Crippen molar-refractivity contribution in [2.75, 3.05) is 39.7 Å². The Balaban J connectivity index is 0.00000166. The van der Waals surface area contributed by atoms with Crippen molar-refractivity contribution in [3.05, 3.63) is 83.9 Å². The fraction of sp³-hybridized carbons (Fsp3) is 0.286. The molecule has 1 N–H and O–H groups in total. The van der Waals surface area contributed by atoms with Gasteiger partial charge in [0.1, 0.15) is 6.61 Å². The maximum atomic E-state index is 5.99. The van der Waals surface area contributed by atoms with Crippen LogP contribution in [0.25, 0.3) is 17.2 Å². The molecule has 3 aromatic carbocycles. The van der Waals surface area contributed by atoms with Crippen LogP contribution < -0.4 is 14.5 Å². The monoisotopic (exact) mass is 417 g/mol. The molecule has 0 spiro atoms. The molecule has 3 rings (SSSR count). The second-order valence-corrected chi connectivity index (χ2v) is 7.78. The van der Waals surface area contributed by atoms with Crippen molar-refractivity contribution < 1.29 is 9.64 Å². The summed E-state index contributed by atoms with van der Waals surface area (Å²) in [5.74, 6) is 0.941. The molecule has 31 heavy (non-hydrogen) atoms. The quantitative estimate of drug-likeness (QED) is 0.537. The molecule has 3 aromatic rings. The van der Waals surface area contributed by atoms with Crippen molar-refractivity contribution in [2.45, 2.75) is 20.8 Å². The second-order valence-electron chi connectivity index (χ2n) is 7.78. The topological polar surface area (TPSA) is 16.9 Å². The standard InChI is InChI=1S/C26H30N2O.C2H6/c1-20-8-17-26(25(19-20)28(4)5)29-18-6-7-21-9-11-22(12-10-21)23-13-15-24(16-14-23)27(2)3;1-2/h6-17,19H,18H2,1-5H3;1-2H3/p+1/b7-6+;. The van der Waals surface area contributed by atoms with Crippen LogP contribution in [0.2, 0.25) is 0 Å². The zero-order valence-corrected chi connectivity index (χ0v) is 20.1. The number of aryl methyl sites for hydroxylation is 1. The van der Waals surface area contributed by atoms with Gasteiger partial charge in [-0.1, -0.05) is 62.4 Å². The summed E-state index contributed by atoms with van der Waals surface area (Å²) in [7, 11) is 8.35. The van der Waals surface area contributed by atoms with Gasteiger partial charge in [-0.15, -0.1) is 0 Å². The van der Waals surface area contributed by atoms with E-state index in [1.54, 1.807) is 0 Å². The van der Waals surface area contributed by atoms with Crippen molar-refractivity contribution >= 4 is 17.5 Å². The van der Waals surface area contributed by atoms with Crippen LogP contribution in [0.5, 0.6) is 5.75 Å². The summed E-state index contributed by atoms with van der Waals surface area (Å²) in [6, 6.07) is 23.6. The van der Waals surface area contributed by atoms with E-state index in [2.05, 4.69) is 119 Å². The summed E-state index contributed by atoms with van der Waals surface area (Å²) in [5, 5.41) is 0. The van der Waals surface area contributed by atoms with E-state index in [4.69, 9.17) is 4.74 Å². The first-order valence-electron chi connectivity index (χ1n) is 11.0. The first kappa shape index (κ1) is 24.2. The molecule has 0 aliphatic rings. The van der Waals surface area contributed by atoms with Crippen molar-refractivity contribution in [3.8, 4) is 16.9 Å². The van der Waals surface area contributed by atoms with Crippen LogP contribution >= 0.6 is 0 Å². The predicted octanol–water partition coefficient (Wildman–Crippen LogP) is 5.62. The van der Waals surface area contributed by atoms with E-state index in [1.165, 1.54) is 38.5 Å². The maximum absolute atomic E-state index is 5.99. The third kappa shape index (κ3) is 7.01. The SMILES string of the molecule is CC.Cc1ccc(OC/C=C/c2ccc(-c3ccc(N(C)C)cc3)cc2)c([NH+](C)C)c1. The van der Waals surface area contributed by atoms with Gasteiger partial charge in [0.15, 0.2) is 11.4 Å². The second kappa shape index (κ2) is 12.0. The summed E-state index contributed by atoms with van der Waals surface area (Å²) < 4.78 is 5.99. The van der Waals surface area contributed by atoms with Gasteiger partial charge in [0, 0.05) is 25.8 Å². The first-order valence-corrected chi connectivity index (χ1v) is 11.0. The summed E-state index contributed by atoms with van der Waals surface area (Å²) >= 11 is 0. The molecule has 0 fully saturated rings. The van der Waals surface area contributed by atoms with Gasteiger partial charge in [-0.05, 0) is 53.5 Å². The van der Waals surface area contributed by atoms with Crippen LogP contribution in [0.4, 0.5) is 11.4 Å². The Hall–Kier alpha value is -3.04. The van der Waals surface area contributed by atoms with Gasteiger partial charge < -0.3 is 14.5 Å². The minimum absolute atomic E-state index is 0.553. The molecular formula is C28H37N2O+. The van der Waals surface area contributed by atoms with Gasteiger partial charge in [-0.2, -0.15) is 0 Å². The Morgan fingerprint density at radius 3 is 1.97 bits per heavy atom. The van der Waals surface area contributed by atoms with Gasteiger partial charge >= 0.3 is 0 Å². The van der Waals surface area contributed by atoms with Crippen molar-refractivity contribution in [1.82, 2.24) is 0 Å². The molecule has 0 bridgehead atoms. The minimum atomic E-state index is 0.553. The molecule has 3 nitrogen and oxygen atoms in total. The Morgan fingerprint density at radius 2 is 1.42 bits per heavy atom. The molecule has 0 aliphatic carbocycles. The van der Waals surface area contributed by atoms with Gasteiger partial charge in [-0.25, -0.2) is 0 Å². The summed E-state index contributed by atoms with van der Waals surface area (Å²) in [6.07, 6.45) is 4.17. The lowest BCUT2D eigenvalue weighted by atomic mass is 10.0. The van der Waals surface area contributed by atoms with E-state index in [9.17, 15) is 0 Å². The fourth-order valence-electron chi connectivity index (χ4n) is 3.22. The molecule has 0 radical (unpaired) electrons. The van der Waals surface area contributed by atoms with Gasteiger partial charge in [-0.3, -0.25) is 0 Å². The number of hydrogen-bond acceptors (Lipinski definition) is 2. The van der Waals surface area contributed by atoms with Crippen LogP contribution in [0.15, 0.2) is 72.8 Å². The average Bonchev–Trinajstić information content (AvgIpc) is 2.79. The average molecular weight is 418 g/mol. The number of nitrogens with zero attached hydrogens (tertiary/aromatic N) is 1. The van der Waals surface area contributed by atoms with Gasteiger partial charge in [0.2, 0.25) is 0 Å². The van der Waals surface area contributed by atoms with Gasteiger partial charge in [0.05, 0.1) is 14.1 Å². The molecule has 0 aliphatic heterocycles. The molecule has 0 atom stereocenters. The van der Waals surface area contributed by atoms with Crippen molar-refractivity contribution in [3.63, 3.8) is 0 Å². The number of ether oxygens (including phenoxy) is 1. The highest BCUT2D eigenvalue weighted by molar-refractivity contribution is 5.68. The van der Waals surface area contributed by atoms with E-state index in [-0.39, 0.29) is 0 Å². The van der Waals surface area contributed by atoms with E-state index in [0.717, 1.165) is 5.75 Å². The number of quaternary nitrogens is 1. The molecule has 0 amide bonds. The predicted molar refractivity (Wildman–Crippen MR) is 136 cm³/mol. The van der Waals surface area contributed by atoms with E-state index < -0.39 is 0 Å². The highest BCUT2D eigenvalue weighted by Gasteiger charge is 2.09. The summed E-state index contributed by atoms with van der Waals surface area (Å²) in [5.41, 5.74) is 7.27. The van der Waals surface area contributed by atoms with Crippen molar-refractivity contribution in [1.29, 1.82) is 0 Å². The number of benzene rings is 3. The molecular weight excluding hydrogens is 380 g/mol. The van der Waals surface area contributed by atoms with Crippen LogP contribution in [0, 0.1) is 6.92 Å². The molecule has 164 valence electrons. The molecule has 0 unspecified atom stereocenters. The zero-order chi connectivity index (χ0) is 22.8. The number of rotatable bonds is 7. The van der Waals surface area contributed by atoms with E-state index >= 15 is 0 Å². The lowest BCUT2D eigenvalue weighted by molar-refractivity contribution is -0.786. The lowest BCUT2D eigenvalue weighted by Gasteiger charge is -2.13.